The minimum Gasteiger partial charge on any atom is -0.508 e. The molecule has 57 heavy (non-hydrogen) atoms. The van der Waals surface area contributed by atoms with E-state index in [1.165, 1.54) is 48.6 Å². The van der Waals surface area contributed by atoms with Crippen molar-refractivity contribution in [2.24, 2.45) is 0 Å². The predicted molar refractivity (Wildman–Crippen MR) is 218 cm³/mol. The molecule has 6 aromatic rings. The van der Waals surface area contributed by atoms with Crippen molar-refractivity contribution in [3.63, 3.8) is 0 Å². The molecule has 284 valence electrons. The fourth-order valence-corrected chi connectivity index (χ4v) is 5.73. The van der Waals surface area contributed by atoms with Crippen LogP contribution in [-0.2, 0) is 0 Å². The van der Waals surface area contributed by atoms with E-state index >= 15 is 0 Å². The first-order valence-corrected chi connectivity index (χ1v) is 17.6. The minimum atomic E-state index is -0.779. The van der Waals surface area contributed by atoms with Crippen LogP contribution in [0, 0.1) is 0 Å². The normalized spacial score (nSPS) is 10.5. The van der Waals surface area contributed by atoms with Gasteiger partial charge in [-0.2, -0.15) is 0 Å². The topological polar surface area (TPSA) is 160 Å². The molecule has 2 amide bonds. The summed E-state index contributed by atoms with van der Waals surface area (Å²) in [7, 11) is 0. The number of ketones is 2. The highest BCUT2D eigenvalue weighted by molar-refractivity contribution is 5.98. The Balaban J connectivity index is 1.25. The van der Waals surface area contributed by atoms with Crippen LogP contribution in [0.1, 0.15) is 33.6 Å². The number of hydrogen-bond donors (Lipinski definition) is 4. The SMILES string of the molecule is C=CCC(=O)c1ccc(OC(=O)Nc2ccc(Oc3ccc(NC(=O)Oc4ccc(C(=O)CC=C)cc4)cc3-c3cccc(O)c3)c(-c3cccc(O)c3)c2)cc1. The number of carbonyl (C=O) groups excluding carboxylic acids is 4. The van der Waals surface area contributed by atoms with Crippen molar-refractivity contribution in [3.05, 3.63) is 170 Å². The maximum Gasteiger partial charge on any atom is 0.417 e. The fourth-order valence-electron chi connectivity index (χ4n) is 5.73. The maximum absolute atomic E-state index is 12.9. The number of anilines is 2. The Morgan fingerprint density at radius 2 is 0.930 bits per heavy atom. The zero-order chi connectivity index (χ0) is 40.3. The molecule has 0 radical (unpaired) electrons. The molecule has 0 heterocycles. The molecule has 6 rings (SSSR count). The molecule has 0 atom stereocenters. The van der Waals surface area contributed by atoms with Crippen LogP contribution in [0.4, 0.5) is 21.0 Å². The Morgan fingerprint density at radius 3 is 1.30 bits per heavy atom. The number of amides is 2. The molecule has 6 aromatic carbocycles. The average Bonchev–Trinajstić information content (AvgIpc) is 3.19. The van der Waals surface area contributed by atoms with Gasteiger partial charge in [-0.05, 0) is 120 Å². The molecule has 0 fully saturated rings. The number of rotatable bonds is 14. The van der Waals surface area contributed by atoms with Gasteiger partial charge >= 0.3 is 12.2 Å². The van der Waals surface area contributed by atoms with E-state index in [4.69, 9.17) is 14.2 Å². The number of benzene rings is 6. The molecule has 0 bridgehead atoms. The Hall–Kier alpha value is -7.92. The average molecular weight is 761 g/mol. The first kappa shape index (κ1) is 38.8. The lowest BCUT2D eigenvalue weighted by Gasteiger charge is -2.18. The number of allylic oxidation sites excluding steroid dienone is 2. The van der Waals surface area contributed by atoms with Gasteiger partial charge in [0.2, 0.25) is 0 Å². The molecule has 0 spiro atoms. The third-order valence-electron chi connectivity index (χ3n) is 8.42. The van der Waals surface area contributed by atoms with E-state index in [0.29, 0.717) is 56.3 Å². The van der Waals surface area contributed by atoms with Crippen LogP contribution in [0.15, 0.2) is 159 Å². The van der Waals surface area contributed by atoms with E-state index in [0.717, 1.165) is 0 Å². The molecule has 0 aromatic heterocycles. The van der Waals surface area contributed by atoms with Crippen molar-refractivity contribution in [2.45, 2.75) is 12.8 Å². The number of aromatic hydroxyl groups is 2. The summed E-state index contributed by atoms with van der Waals surface area (Å²) < 4.78 is 17.4. The number of hydrogen-bond acceptors (Lipinski definition) is 9. The van der Waals surface area contributed by atoms with Gasteiger partial charge < -0.3 is 24.4 Å². The van der Waals surface area contributed by atoms with Crippen LogP contribution in [-0.4, -0.2) is 34.0 Å². The summed E-state index contributed by atoms with van der Waals surface area (Å²) in [6.45, 7) is 7.15. The second-order valence-corrected chi connectivity index (χ2v) is 12.5. The van der Waals surface area contributed by atoms with Gasteiger partial charge in [-0.15, -0.1) is 13.2 Å². The summed E-state index contributed by atoms with van der Waals surface area (Å²) in [5.74, 6) is 0.940. The van der Waals surface area contributed by atoms with Crippen LogP contribution in [0.3, 0.4) is 0 Å². The second kappa shape index (κ2) is 17.9. The maximum atomic E-state index is 12.9. The van der Waals surface area contributed by atoms with E-state index in [9.17, 15) is 29.4 Å². The first-order chi connectivity index (χ1) is 27.6. The van der Waals surface area contributed by atoms with Gasteiger partial charge in [-0.25, -0.2) is 9.59 Å². The summed E-state index contributed by atoms with van der Waals surface area (Å²) in [5, 5.41) is 26.1. The largest absolute Gasteiger partial charge is 0.508 e. The van der Waals surface area contributed by atoms with E-state index in [2.05, 4.69) is 23.8 Å². The van der Waals surface area contributed by atoms with Crippen molar-refractivity contribution in [1.82, 2.24) is 0 Å². The molecular formula is C46H36N2O9. The molecule has 0 aliphatic rings. The van der Waals surface area contributed by atoms with Crippen molar-refractivity contribution in [1.29, 1.82) is 0 Å². The number of ether oxygens (including phenoxy) is 3. The van der Waals surface area contributed by atoms with Gasteiger partial charge in [0, 0.05) is 46.5 Å². The summed E-state index contributed by atoms with van der Waals surface area (Å²) in [4.78, 5) is 50.1. The number of phenolic OH excluding ortho intramolecular Hbond substituents is 2. The minimum absolute atomic E-state index is 0.00568. The molecule has 11 heteroatoms. The van der Waals surface area contributed by atoms with Crippen LogP contribution in [0.25, 0.3) is 22.3 Å². The summed E-state index contributed by atoms with van der Waals surface area (Å²) in [6, 6.07) is 35.2. The molecule has 0 unspecified atom stereocenters. The van der Waals surface area contributed by atoms with Crippen molar-refractivity contribution in [2.75, 3.05) is 10.6 Å². The Kier molecular flexibility index (Phi) is 12.2. The third kappa shape index (κ3) is 10.2. The number of nitrogens with one attached hydrogen (secondary N) is 2. The Bertz CT molecular complexity index is 2300. The number of Topliss-reactive ketones (excluding diaryl/α,β-unsaturated/α-hetero) is 2. The summed E-state index contributed by atoms with van der Waals surface area (Å²) in [5.41, 5.74) is 3.77. The predicted octanol–water partition coefficient (Wildman–Crippen LogP) is 11.0. The lowest BCUT2D eigenvalue weighted by atomic mass is 10.0. The molecule has 0 aliphatic carbocycles. The van der Waals surface area contributed by atoms with Gasteiger partial charge in [0.15, 0.2) is 11.6 Å². The quantitative estimate of drug-likeness (QED) is 0.0625. The van der Waals surface area contributed by atoms with Crippen molar-refractivity contribution in [3.8, 4) is 56.8 Å². The van der Waals surface area contributed by atoms with Crippen LogP contribution < -0.4 is 24.8 Å². The van der Waals surface area contributed by atoms with Crippen LogP contribution in [0.5, 0.6) is 34.5 Å². The summed E-state index contributed by atoms with van der Waals surface area (Å²) >= 11 is 0. The highest BCUT2D eigenvalue weighted by Crippen LogP contribution is 2.41. The molecule has 0 saturated heterocycles. The molecular weight excluding hydrogens is 725 g/mol. The number of phenols is 2. The zero-order valence-corrected chi connectivity index (χ0v) is 30.4. The van der Waals surface area contributed by atoms with E-state index in [-0.39, 0.29) is 47.4 Å². The zero-order valence-electron chi connectivity index (χ0n) is 30.4. The molecule has 0 aliphatic heterocycles. The standard InChI is InChI=1S/C46H36N2O9/c1-3-7-41(51)29-13-19-37(20-14-29)55-45(53)47-33-17-23-43(39(27-33)31-9-5-11-35(49)25-31)57-44-24-18-34(28-40(44)32-10-6-12-36(50)26-32)48-46(54)56-38-21-15-30(16-22-38)42(52)8-4-2/h3-6,9-28,49-50H,1-2,7-8H2,(H,47,53)(H,48,54). The lowest BCUT2D eigenvalue weighted by Crippen LogP contribution is -2.17. The van der Waals surface area contributed by atoms with Crippen LogP contribution in [0.2, 0.25) is 0 Å². The Morgan fingerprint density at radius 1 is 0.526 bits per heavy atom. The van der Waals surface area contributed by atoms with Gasteiger partial charge in [-0.3, -0.25) is 20.2 Å². The summed E-state index contributed by atoms with van der Waals surface area (Å²) in [6.07, 6.45) is 1.86. The highest BCUT2D eigenvalue weighted by Gasteiger charge is 2.17. The lowest BCUT2D eigenvalue weighted by molar-refractivity contribution is 0.0987. The van der Waals surface area contributed by atoms with Gasteiger partial charge in [0.1, 0.15) is 34.5 Å². The van der Waals surface area contributed by atoms with Gasteiger partial charge in [0.05, 0.1) is 0 Å². The third-order valence-corrected chi connectivity index (χ3v) is 8.42. The fraction of sp³-hybridized carbons (Fsp3) is 0.0435. The van der Waals surface area contributed by atoms with Crippen molar-refractivity contribution < 1.29 is 43.6 Å². The highest BCUT2D eigenvalue weighted by atomic mass is 16.6. The number of carbonyl (C=O) groups is 4. The van der Waals surface area contributed by atoms with Crippen molar-refractivity contribution >= 4 is 35.1 Å². The Labute approximate surface area is 328 Å². The molecule has 4 N–H and O–H groups in total. The monoisotopic (exact) mass is 760 g/mol. The van der Waals surface area contributed by atoms with Gasteiger partial charge in [-0.1, -0.05) is 36.4 Å². The van der Waals surface area contributed by atoms with E-state index in [1.807, 2.05) is 0 Å². The first-order valence-electron chi connectivity index (χ1n) is 17.6. The smallest absolute Gasteiger partial charge is 0.417 e. The van der Waals surface area contributed by atoms with Crippen LogP contribution >= 0.6 is 0 Å². The van der Waals surface area contributed by atoms with Gasteiger partial charge in [0.25, 0.3) is 0 Å². The molecule has 11 nitrogen and oxygen atoms in total. The molecule has 0 saturated carbocycles. The van der Waals surface area contributed by atoms with E-state index < -0.39 is 12.2 Å². The van der Waals surface area contributed by atoms with E-state index in [1.54, 1.807) is 97.1 Å². The second-order valence-electron chi connectivity index (χ2n) is 12.5.